The molecule has 0 aromatic heterocycles. The van der Waals surface area contributed by atoms with Crippen molar-refractivity contribution in [2.24, 2.45) is 5.92 Å². The van der Waals surface area contributed by atoms with Gasteiger partial charge in [0.1, 0.15) is 0 Å². The Balaban J connectivity index is 3.09. The summed E-state index contributed by atoms with van der Waals surface area (Å²) >= 11 is 1.57. The molecular formula is C7H16OS. The van der Waals surface area contributed by atoms with E-state index in [-0.39, 0.29) is 0 Å². The van der Waals surface area contributed by atoms with Crippen LogP contribution in [0.2, 0.25) is 0 Å². The van der Waals surface area contributed by atoms with Crippen LogP contribution in [-0.2, 0) is 4.18 Å². The molecule has 0 aliphatic heterocycles. The van der Waals surface area contributed by atoms with Gasteiger partial charge >= 0.3 is 0 Å². The maximum Gasteiger partial charge on any atom is 0.0503 e. The van der Waals surface area contributed by atoms with Crippen LogP contribution in [-0.4, -0.2) is 12.9 Å². The Bertz CT molecular complexity index is 52.9. The van der Waals surface area contributed by atoms with Crippen molar-refractivity contribution in [3.8, 4) is 0 Å². The fourth-order valence-electron chi connectivity index (χ4n) is 0.689. The monoisotopic (exact) mass is 148 g/mol. The highest BCUT2D eigenvalue weighted by atomic mass is 32.2. The molecule has 9 heavy (non-hydrogen) atoms. The van der Waals surface area contributed by atoms with E-state index in [1.165, 1.54) is 12.8 Å². The van der Waals surface area contributed by atoms with E-state index >= 15 is 0 Å². The van der Waals surface area contributed by atoms with Gasteiger partial charge in [-0.2, -0.15) is 0 Å². The fourth-order valence-corrected chi connectivity index (χ4v) is 1.49. The van der Waals surface area contributed by atoms with E-state index < -0.39 is 0 Å². The first-order chi connectivity index (χ1) is 4.35. The Morgan fingerprint density at radius 2 is 1.89 bits per heavy atom. The molecule has 0 fully saturated rings. The minimum absolute atomic E-state index is 0.843. The van der Waals surface area contributed by atoms with Gasteiger partial charge in [0.05, 0.1) is 7.11 Å². The summed E-state index contributed by atoms with van der Waals surface area (Å²) in [7, 11) is 1.73. The predicted molar refractivity (Wildman–Crippen MR) is 43.5 cm³/mol. The van der Waals surface area contributed by atoms with Gasteiger partial charge in [0.25, 0.3) is 0 Å². The van der Waals surface area contributed by atoms with Gasteiger partial charge in [-0.15, -0.1) is 0 Å². The Kier molecular flexibility index (Phi) is 6.65. The van der Waals surface area contributed by atoms with Gasteiger partial charge in [0.15, 0.2) is 0 Å². The van der Waals surface area contributed by atoms with Crippen molar-refractivity contribution in [1.82, 2.24) is 0 Å². The van der Waals surface area contributed by atoms with Crippen LogP contribution in [0, 0.1) is 5.92 Å². The molecule has 0 bridgehead atoms. The molecule has 0 atom stereocenters. The van der Waals surface area contributed by atoms with Crippen molar-refractivity contribution >= 4 is 12.0 Å². The fraction of sp³-hybridized carbons (Fsp3) is 1.00. The van der Waals surface area contributed by atoms with Crippen LogP contribution in [0.4, 0.5) is 0 Å². The first-order valence-corrected chi connectivity index (χ1v) is 4.41. The largest absolute Gasteiger partial charge is 0.319 e. The second kappa shape index (κ2) is 6.43. The van der Waals surface area contributed by atoms with Crippen LogP contribution in [0.5, 0.6) is 0 Å². The Morgan fingerprint density at radius 1 is 1.33 bits per heavy atom. The molecule has 0 heterocycles. The zero-order valence-corrected chi connectivity index (χ0v) is 7.33. The lowest BCUT2D eigenvalue weighted by molar-refractivity contribution is 0.474. The zero-order chi connectivity index (χ0) is 7.11. The van der Waals surface area contributed by atoms with E-state index in [0.717, 1.165) is 11.7 Å². The Labute approximate surface area is 62.4 Å². The van der Waals surface area contributed by atoms with Crippen LogP contribution in [0.1, 0.15) is 26.7 Å². The molecule has 0 saturated carbocycles. The number of hydrogen-bond donors (Lipinski definition) is 0. The highest BCUT2D eigenvalue weighted by Gasteiger charge is 2.01. The molecule has 0 aliphatic rings. The first-order valence-electron chi connectivity index (χ1n) is 3.50. The third-order valence-corrected chi connectivity index (χ3v) is 2.42. The third kappa shape index (κ3) is 4.79. The van der Waals surface area contributed by atoms with Crippen molar-refractivity contribution < 1.29 is 4.18 Å². The smallest absolute Gasteiger partial charge is 0.0503 e. The maximum atomic E-state index is 4.89. The molecule has 0 aliphatic carbocycles. The Hall–Kier alpha value is 0.310. The molecule has 0 spiro atoms. The summed E-state index contributed by atoms with van der Waals surface area (Å²) in [6.07, 6.45) is 2.54. The van der Waals surface area contributed by atoms with Crippen molar-refractivity contribution in [1.29, 1.82) is 0 Å². The molecule has 0 aromatic carbocycles. The van der Waals surface area contributed by atoms with Crippen LogP contribution >= 0.6 is 12.0 Å². The van der Waals surface area contributed by atoms with E-state index in [9.17, 15) is 0 Å². The van der Waals surface area contributed by atoms with Gasteiger partial charge < -0.3 is 4.18 Å². The molecule has 0 radical (unpaired) electrons. The van der Waals surface area contributed by atoms with Gasteiger partial charge in [0, 0.05) is 5.75 Å². The summed E-state index contributed by atoms with van der Waals surface area (Å²) in [6, 6.07) is 0. The van der Waals surface area contributed by atoms with Crippen molar-refractivity contribution in [2.75, 3.05) is 12.9 Å². The van der Waals surface area contributed by atoms with Crippen molar-refractivity contribution in [3.05, 3.63) is 0 Å². The average Bonchev–Trinajstić information content (AvgIpc) is 1.91. The lowest BCUT2D eigenvalue weighted by Gasteiger charge is -2.08. The number of rotatable bonds is 5. The van der Waals surface area contributed by atoms with E-state index in [0.29, 0.717) is 0 Å². The van der Waals surface area contributed by atoms with Crippen LogP contribution in [0.3, 0.4) is 0 Å². The molecule has 2 heteroatoms. The van der Waals surface area contributed by atoms with Crippen LogP contribution in [0.25, 0.3) is 0 Å². The Morgan fingerprint density at radius 3 is 2.22 bits per heavy atom. The second-order valence-corrected chi connectivity index (χ2v) is 3.04. The van der Waals surface area contributed by atoms with Gasteiger partial charge in [0.2, 0.25) is 0 Å². The summed E-state index contributed by atoms with van der Waals surface area (Å²) in [5, 5.41) is 0. The summed E-state index contributed by atoms with van der Waals surface area (Å²) in [5.41, 5.74) is 0. The summed E-state index contributed by atoms with van der Waals surface area (Å²) in [4.78, 5) is 0. The minimum Gasteiger partial charge on any atom is -0.319 e. The van der Waals surface area contributed by atoms with E-state index in [2.05, 4.69) is 13.8 Å². The molecule has 0 aromatic rings. The van der Waals surface area contributed by atoms with E-state index in [1.54, 1.807) is 19.2 Å². The quantitative estimate of drug-likeness (QED) is 0.554. The second-order valence-electron chi connectivity index (χ2n) is 2.13. The SMILES string of the molecule is CCC(CC)CSOC. The molecule has 0 rings (SSSR count). The standard InChI is InChI=1S/C7H16OS/c1-4-7(5-2)6-9-8-3/h7H,4-6H2,1-3H3. The van der Waals surface area contributed by atoms with Gasteiger partial charge in [-0.3, -0.25) is 0 Å². The van der Waals surface area contributed by atoms with Gasteiger partial charge in [-0.25, -0.2) is 0 Å². The summed E-state index contributed by atoms with van der Waals surface area (Å²) in [5.74, 6) is 1.98. The highest BCUT2D eigenvalue weighted by molar-refractivity contribution is 7.94. The average molecular weight is 148 g/mol. The summed E-state index contributed by atoms with van der Waals surface area (Å²) in [6.45, 7) is 4.45. The first kappa shape index (κ1) is 9.31. The topological polar surface area (TPSA) is 9.23 Å². The highest BCUT2D eigenvalue weighted by Crippen LogP contribution is 2.14. The lowest BCUT2D eigenvalue weighted by atomic mass is 10.1. The third-order valence-electron chi connectivity index (χ3n) is 1.58. The summed E-state index contributed by atoms with van der Waals surface area (Å²) < 4.78 is 4.89. The molecule has 0 amide bonds. The number of hydrogen-bond acceptors (Lipinski definition) is 2. The van der Waals surface area contributed by atoms with Gasteiger partial charge in [-0.1, -0.05) is 26.7 Å². The zero-order valence-electron chi connectivity index (χ0n) is 6.52. The van der Waals surface area contributed by atoms with Gasteiger partial charge in [-0.05, 0) is 18.0 Å². The molecule has 0 unspecified atom stereocenters. The lowest BCUT2D eigenvalue weighted by Crippen LogP contribution is -1.99. The van der Waals surface area contributed by atoms with E-state index in [1.807, 2.05) is 0 Å². The van der Waals surface area contributed by atoms with Crippen LogP contribution in [0.15, 0.2) is 0 Å². The molecule has 56 valence electrons. The maximum absolute atomic E-state index is 4.89. The van der Waals surface area contributed by atoms with Crippen molar-refractivity contribution in [2.45, 2.75) is 26.7 Å². The van der Waals surface area contributed by atoms with E-state index in [4.69, 9.17) is 4.18 Å². The molecule has 0 saturated heterocycles. The van der Waals surface area contributed by atoms with Crippen LogP contribution < -0.4 is 0 Å². The molecule has 0 N–H and O–H groups in total. The molecule has 1 nitrogen and oxygen atoms in total. The van der Waals surface area contributed by atoms with Crippen molar-refractivity contribution in [3.63, 3.8) is 0 Å². The predicted octanol–water partition coefficient (Wildman–Crippen LogP) is 2.72. The minimum atomic E-state index is 0.843. The molecular weight excluding hydrogens is 132 g/mol. The normalized spacial score (nSPS) is 10.7.